The molecule has 17 heavy (non-hydrogen) atoms. The van der Waals surface area contributed by atoms with Crippen LogP contribution in [0.15, 0.2) is 24.3 Å². The van der Waals surface area contributed by atoms with Crippen molar-refractivity contribution in [3.8, 4) is 0 Å². The van der Waals surface area contributed by atoms with Crippen LogP contribution in [0.25, 0.3) is 0 Å². The predicted molar refractivity (Wildman–Crippen MR) is 65.3 cm³/mol. The number of benzene rings is 1. The molecule has 0 radical (unpaired) electrons. The second kappa shape index (κ2) is 6.69. The molecule has 0 bridgehead atoms. The Morgan fingerprint density at radius 2 is 2.00 bits per heavy atom. The van der Waals surface area contributed by atoms with Gasteiger partial charge in [-0.25, -0.2) is 4.39 Å². The van der Waals surface area contributed by atoms with Gasteiger partial charge in [-0.1, -0.05) is 19.1 Å². The van der Waals surface area contributed by atoms with Gasteiger partial charge in [0.05, 0.1) is 13.2 Å². The highest BCUT2D eigenvalue weighted by atomic mass is 19.1. The van der Waals surface area contributed by atoms with Gasteiger partial charge in [-0.3, -0.25) is 0 Å². The Labute approximate surface area is 101 Å². The fraction of sp³-hybridized carbons (Fsp3) is 0.538. The van der Waals surface area contributed by atoms with Crippen LogP contribution in [0.2, 0.25) is 0 Å². The molecule has 0 aliphatic heterocycles. The number of aliphatic hydroxyl groups is 2. The zero-order valence-electron chi connectivity index (χ0n) is 10.1. The van der Waals surface area contributed by atoms with Gasteiger partial charge >= 0.3 is 0 Å². The van der Waals surface area contributed by atoms with Gasteiger partial charge in [0, 0.05) is 12.0 Å². The second-order valence-electron chi connectivity index (χ2n) is 4.68. The van der Waals surface area contributed by atoms with E-state index in [-0.39, 0.29) is 19.0 Å². The summed E-state index contributed by atoms with van der Waals surface area (Å²) in [5, 5.41) is 21.3. The van der Waals surface area contributed by atoms with Crippen LogP contribution >= 0.6 is 0 Å². The van der Waals surface area contributed by atoms with E-state index >= 15 is 0 Å². The Kier molecular flexibility index (Phi) is 5.55. The number of rotatable bonds is 7. The quantitative estimate of drug-likeness (QED) is 0.623. The van der Waals surface area contributed by atoms with E-state index in [1.165, 1.54) is 12.1 Å². The average molecular weight is 241 g/mol. The fourth-order valence-corrected chi connectivity index (χ4v) is 1.48. The summed E-state index contributed by atoms with van der Waals surface area (Å²) in [6, 6.07) is 6.50. The number of aliphatic hydroxyl groups excluding tert-OH is 2. The van der Waals surface area contributed by atoms with E-state index in [2.05, 4.69) is 5.32 Å². The lowest BCUT2D eigenvalue weighted by Gasteiger charge is -2.24. The number of nitrogens with one attached hydrogen (secondary N) is 1. The van der Waals surface area contributed by atoms with E-state index < -0.39 is 5.41 Å². The van der Waals surface area contributed by atoms with Crippen LogP contribution in [0.4, 0.5) is 4.39 Å². The highest BCUT2D eigenvalue weighted by Crippen LogP contribution is 2.12. The van der Waals surface area contributed by atoms with Crippen molar-refractivity contribution in [3.63, 3.8) is 0 Å². The van der Waals surface area contributed by atoms with Crippen LogP contribution in [0.1, 0.15) is 12.5 Å². The second-order valence-corrected chi connectivity index (χ2v) is 4.68. The van der Waals surface area contributed by atoms with E-state index in [1.807, 2.05) is 13.0 Å². The van der Waals surface area contributed by atoms with Crippen LogP contribution < -0.4 is 5.32 Å². The van der Waals surface area contributed by atoms with Crippen molar-refractivity contribution in [3.05, 3.63) is 35.6 Å². The molecule has 3 nitrogen and oxygen atoms in total. The van der Waals surface area contributed by atoms with Crippen molar-refractivity contribution in [2.24, 2.45) is 5.41 Å². The average Bonchev–Trinajstić information content (AvgIpc) is 2.34. The van der Waals surface area contributed by atoms with E-state index in [4.69, 9.17) is 10.2 Å². The minimum Gasteiger partial charge on any atom is -0.396 e. The summed E-state index contributed by atoms with van der Waals surface area (Å²) in [4.78, 5) is 0. The molecule has 3 N–H and O–H groups in total. The molecule has 0 aromatic heterocycles. The van der Waals surface area contributed by atoms with E-state index in [0.717, 1.165) is 12.0 Å². The van der Waals surface area contributed by atoms with Crippen molar-refractivity contribution in [2.75, 3.05) is 26.3 Å². The standard InChI is InChI=1S/C13H20FNO2/c1-13(9-16,10-17)8-15-6-5-11-3-2-4-12(14)7-11/h2-4,7,15-17H,5-6,8-10H2,1H3. The van der Waals surface area contributed by atoms with Crippen molar-refractivity contribution < 1.29 is 14.6 Å². The maximum absolute atomic E-state index is 12.9. The van der Waals surface area contributed by atoms with Gasteiger partial charge in [0.1, 0.15) is 5.82 Å². The SMILES string of the molecule is CC(CO)(CO)CNCCc1cccc(F)c1. The van der Waals surface area contributed by atoms with Gasteiger partial charge in [-0.15, -0.1) is 0 Å². The van der Waals surface area contributed by atoms with Crippen molar-refractivity contribution in [2.45, 2.75) is 13.3 Å². The van der Waals surface area contributed by atoms with Gasteiger partial charge in [-0.2, -0.15) is 0 Å². The molecule has 0 heterocycles. The Hall–Kier alpha value is -0.970. The number of hydrogen-bond acceptors (Lipinski definition) is 3. The summed E-state index contributed by atoms with van der Waals surface area (Å²) in [6.07, 6.45) is 0.727. The lowest BCUT2D eigenvalue weighted by Crippen LogP contribution is -2.38. The molecule has 4 heteroatoms. The molecule has 0 saturated heterocycles. The molecule has 1 aromatic rings. The Morgan fingerprint density at radius 3 is 2.59 bits per heavy atom. The molecule has 1 rings (SSSR count). The number of halogens is 1. The zero-order valence-corrected chi connectivity index (χ0v) is 10.1. The minimum atomic E-state index is -0.498. The lowest BCUT2D eigenvalue weighted by atomic mass is 9.93. The maximum atomic E-state index is 12.9. The summed E-state index contributed by atoms with van der Waals surface area (Å²) in [5.74, 6) is -0.224. The van der Waals surface area contributed by atoms with Crippen LogP contribution in [-0.2, 0) is 6.42 Å². The lowest BCUT2D eigenvalue weighted by molar-refractivity contribution is 0.0700. The van der Waals surface area contributed by atoms with Crippen LogP contribution in [0.5, 0.6) is 0 Å². The van der Waals surface area contributed by atoms with Gasteiger partial charge in [0.25, 0.3) is 0 Å². The molecule has 0 unspecified atom stereocenters. The van der Waals surface area contributed by atoms with Crippen LogP contribution in [-0.4, -0.2) is 36.5 Å². The van der Waals surface area contributed by atoms with Gasteiger partial charge < -0.3 is 15.5 Å². The first-order valence-corrected chi connectivity index (χ1v) is 5.76. The molecule has 0 spiro atoms. The highest BCUT2D eigenvalue weighted by Gasteiger charge is 2.21. The topological polar surface area (TPSA) is 52.5 Å². The molecular formula is C13H20FNO2. The fourth-order valence-electron chi connectivity index (χ4n) is 1.48. The first-order chi connectivity index (χ1) is 8.09. The van der Waals surface area contributed by atoms with E-state index in [1.54, 1.807) is 6.07 Å². The highest BCUT2D eigenvalue weighted by molar-refractivity contribution is 5.16. The molecular weight excluding hydrogens is 221 g/mol. The van der Waals surface area contributed by atoms with Gasteiger partial charge in [-0.05, 0) is 30.7 Å². The first-order valence-electron chi connectivity index (χ1n) is 5.76. The molecule has 0 atom stereocenters. The van der Waals surface area contributed by atoms with Gasteiger partial charge in [0.2, 0.25) is 0 Å². The summed E-state index contributed by atoms with van der Waals surface area (Å²) < 4.78 is 12.9. The molecule has 96 valence electrons. The summed E-state index contributed by atoms with van der Waals surface area (Å²) in [7, 11) is 0. The maximum Gasteiger partial charge on any atom is 0.123 e. The third-order valence-corrected chi connectivity index (χ3v) is 2.79. The monoisotopic (exact) mass is 241 g/mol. The third-order valence-electron chi connectivity index (χ3n) is 2.79. The Bertz CT molecular complexity index is 340. The van der Waals surface area contributed by atoms with E-state index in [0.29, 0.717) is 13.1 Å². The molecule has 0 aliphatic rings. The zero-order chi connectivity index (χ0) is 12.7. The molecule has 0 amide bonds. The smallest absolute Gasteiger partial charge is 0.123 e. The Balaban J connectivity index is 2.29. The normalized spacial score (nSPS) is 11.8. The number of hydrogen-bond donors (Lipinski definition) is 3. The van der Waals surface area contributed by atoms with Gasteiger partial charge in [0.15, 0.2) is 0 Å². The largest absolute Gasteiger partial charge is 0.396 e. The molecule has 0 fully saturated rings. The molecule has 0 saturated carbocycles. The van der Waals surface area contributed by atoms with Crippen LogP contribution in [0, 0.1) is 11.2 Å². The minimum absolute atomic E-state index is 0.0591. The predicted octanol–water partition coefficient (Wildman–Crippen LogP) is 0.949. The molecule has 0 aliphatic carbocycles. The third kappa shape index (κ3) is 4.81. The summed E-state index contributed by atoms with van der Waals surface area (Å²) >= 11 is 0. The first kappa shape index (κ1) is 14.1. The summed E-state index contributed by atoms with van der Waals surface area (Å²) in [6.45, 7) is 2.92. The Morgan fingerprint density at radius 1 is 1.29 bits per heavy atom. The van der Waals surface area contributed by atoms with Crippen molar-refractivity contribution >= 4 is 0 Å². The molecule has 1 aromatic carbocycles. The van der Waals surface area contributed by atoms with Crippen molar-refractivity contribution in [1.29, 1.82) is 0 Å². The van der Waals surface area contributed by atoms with E-state index in [9.17, 15) is 4.39 Å². The summed E-state index contributed by atoms with van der Waals surface area (Å²) in [5.41, 5.74) is 0.439. The van der Waals surface area contributed by atoms with Crippen molar-refractivity contribution in [1.82, 2.24) is 5.32 Å². The van der Waals surface area contributed by atoms with Crippen LogP contribution in [0.3, 0.4) is 0 Å².